The molecule has 1 heterocycles. The minimum atomic E-state index is -4.56. The van der Waals surface area contributed by atoms with Crippen LogP contribution in [-0.2, 0) is 10.9 Å². The van der Waals surface area contributed by atoms with Crippen molar-refractivity contribution in [1.82, 2.24) is 5.16 Å². The molecule has 0 aliphatic carbocycles. The van der Waals surface area contributed by atoms with Gasteiger partial charge in [-0.2, -0.15) is 13.2 Å². The Kier molecular flexibility index (Phi) is 3.95. The maximum atomic E-state index is 12.7. The van der Waals surface area contributed by atoms with Crippen molar-refractivity contribution in [3.05, 3.63) is 40.1 Å². The third kappa shape index (κ3) is 2.87. The van der Waals surface area contributed by atoms with Gasteiger partial charge in [-0.15, -0.1) is 0 Å². The SMILES string of the molecule is COC(=O)c1c(-c2ccc(C(F)(F)F)c(Cl)c2)noc1C. The van der Waals surface area contributed by atoms with Crippen molar-refractivity contribution in [1.29, 1.82) is 0 Å². The highest BCUT2D eigenvalue weighted by molar-refractivity contribution is 6.31. The Balaban J connectivity index is 2.54. The van der Waals surface area contributed by atoms with E-state index in [2.05, 4.69) is 9.89 Å². The first-order valence-electron chi connectivity index (χ1n) is 5.67. The summed E-state index contributed by atoms with van der Waals surface area (Å²) < 4.78 is 47.5. The number of aryl methyl sites for hydroxylation is 1. The normalized spacial score (nSPS) is 11.5. The van der Waals surface area contributed by atoms with Crippen LogP contribution in [0.4, 0.5) is 13.2 Å². The molecule has 0 aliphatic heterocycles. The third-order valence-electron chi connectivity index (χ3n) is 2.80. The first kappa shape index (κ1) is 15.4. The lowest BCUT2D eigenvalue weighted by molar-refractivity contribution is -0.137. The van der Waals surface area contributed by atoms with Gasteiger partial charge in [0, 0.05) is 5.56 Å². The zero-order valence-electron chi connectivity index (χ0n) is 10.9. The second kappa shape index (κ2) is 5.40. The van der Waals surface area contributed by atoms with Gasteiger partial charge in [0.15, 0.2) is 0 Å². The van der Waals surface area contributed by atoms with Crippen LogP contribution in [0.5, 0.6) is 0 Å². The third-order valence-corrected chi connectivity index (χ3v) is 3.11. The van der Waals surface area contributed by atoms with E-state index in [0.29, 0.717) is 0 Å². The van der Waals surface area contributed by atoms with E-state index in [1.54, 1.807) is 0 Å². The summed E-state index contributed by atoms with van der Waals surface area (Å²) in [6.45, 7) is 1.49. The standard InChI is InChI=1S/C13H9ClF3NO3/c1-6-10(12(19)20-2)11(18-21-6)7-3-4-8(9(14)5-7)13(15,16)17/h3-5H,1-2H3. The van der Waals surface area contributed by atoms with Crippen molar-refractivity contribution in [3.8, 4) is 11.3 Å². The lowest BCUT2D eigenvalue weighted by atomic mass is 10.0. The summed E-state index contributed by atoms with van der Waals surface area (Å²) in [7, 11) is 1.18. The van der Waals surface area contributed by atoms with E-state index >= 15 is 0 Å². The van der Waals surface area contributed by atoms with Crippen LogP contribution in [0.15, 0.2) is 22.7 Å². The fourth-order valence-corrected chi connectivity index (χ4v) is 2.09. The van der Waals surface area contributed by atoms with Crippen molar-refractivity contribution in [2.45, 2.75) is 13.1 Å². The Morgan fingerprint density at radius 3 is 2.57 bits per heavy atom. The van der Waals surface area contributed by atoms with Crippen molar-refractivity contribution < 1.29 is 27.2 Å². The molecule has 0 aliphatic rings. The molecule has 8 heteroatoms. The Morgan fingerprint density at radius 1 is 1.38 bits per heavy atom. The summed E-state index contributed by atoms with van der Waals surface area (Å²) in [5.41, 5.74) is -0.610. The van der Waals surface area contributed by atoms with Gasteiger partial charge in [0.1, 0.15) is 17.0 Å². The zero-order chi connectivity index (χ0) is 15.8. The molecule has 0 saturated carbocycles. The second-order valence-electron chi connectivity index (χ2n) is 4.15. The fourth-order valence-electron chi connectivity index (χ4n) is 1.80. The molecule has 0 bridgehead atoms. The number of hydrogen-bond acceptors (Lipinski definition) is 4. The fraction of sp³-hybridized carbons (Fsp3) is 0.231. The van der Waals surface area contributed by atoms with Crippen molar-refractivity contribution in [2.75, 3.05) is 7.11 Å². The van der Waals surface area contributed by atoms with Gasteiger partial charge < -0.3 is 9.26 Å². The van der Waals surface area contributed by atoms with E-state index in [0.717, 1.165) is 12.1 Å². The first-order chi connectivity index (χ1) is 9.75. The summed E-state index contributed by atoms with van der Waals surface area (Å²) in [5, 5.41) is 3.18. The van der Waals surface area contributed by atoms with Crippen LogP contribution in [0, 0.1) is 6.92 Å². The van der Waals surface area contributed by atoms with E-state index in [9.17, 15) is 18.0 Å². The van der Waals surface area contributed by atoms with Gasteiger partial charge in [0.05, 0.1) is 17.7 Å². The van der Waals surface area contributed by atoms with Crippen molar-refractivity contribution in [2.24, 2.45) is 0 Å². The number of ether oxygens (including phenoxy) is 1. The number of rotatable bonds is 2. The molecule has 0 amide bonds. The van der Waals surface area contributed by atoms with E-state index in [1.807, 2.05) is 0 Å². The minimum Gasteiger partial charge on any atom is -0.465 e. The van der Waals surface area contributed by atoms with Crippen LogP contribution in [0.1, 0.15) is 21.7 Å². The van der Waals surface area contributed by atoms with Gasteiger partial charge in [0.25, 0.3) is 0 Å². The molecule has 0 spiro atoms. The van der Waals surface area contributed by atoms with Crippen LogP contribution in [-0.4, -0.2) is 18.2 Å². The minimum absolute atomic E-state index is 0.0494. The molecule has 4 nitrogen and oxygen atoms in total. The number of carbonyl (C=O) groups is 1. The van der Waals surface area contributed by atoms with Gasteiger partial charge >= 0.3 is 12.1 Å². The lowest BCUT2D eigenvalue weighted by Crippen LogP contribution is -2.06. The maximum absolute atomic E-state index is 12.7. The summed E-state index contributed by atoms with van der Waals surface area (Å²) in [6.07, 6.45) is -4.56. The number of esters is 1. The molecule has 0 radical (unpaired) electrons. The molecule has 1 aromatic heterocycles. The average Bonchev–Trinajstić information content (AvgIpc) is 2.78. The van der Waals surface area contributed by atoms with Crippen LogP contribution >= 0.6 is 11.6 Å². The van der Waals surface area contributed by atoms with Gasteiger partial charge in [-0.1, -0.05) is 22.8 Å². The van der Waals surface area contributed by atoms with E-state index < -0.39 is 22.7 Å². The predicted octanol–water partition coefficient (Wildman–Crippen LogP) is 4.11. The van der Waals surface area contributed by atoms with Crippen LogP contribution in [0.3, 0.4) is 0 Å². The number of nitrogens with zero attached hydrogens (tertiary/aromatic N) is 1. The summed E-state index contributed by atoms with van der Waals surface area (Å²) >= 11 is 5.64. The lowest BCUT2D eigenvalue weighted by Gasteiger charge is -2.09. The summed E-state index contributed by atoms with van der Waals surface area (Å²) in [5.74, 6) is -0.493. The maximum Gasteiger partial charge on any atom is 0.417 e. The quantitative estimate of drug-likeness (QED) is 0.782. The number of alkyl halides is 3. The Morgan fingerprint density at radius 2 is 2.05 bits per heavy atom. The number of hydrogen-bond donors (Lipinski definition) is 0. The molecule has 2 rings (SSSR count). The summed E-state index contributed by atoms with van der Waals surface area (Å²) in [6, 6.07) is 3.06. The number of carbonyl (C=O) groups excluding carboxylic acids is 1. The van der Waals surface area contributed by atoms with Gasteiger partial charge in [-0.05, 0) is 19.1 Å². The molecule has 112 valence electrons. The first-order valence-corrected chi connectivity index (χ1v) is 6.05. The van der Waals surface area contributed by atoms with E-state index in [-0.39, 0.29) is 22.6 Å². The molecule has 2 aromatic rings. The Bertz CT molecular complexity index is 694. The number of methoxy groups -OCH3 is 1. The molecule has 21 heavy (non-hydrogen) atoms. The Hall–Kier alpha value is -2.02. The molecular weight excluding hydrogens is 311 g/mol. The van der Waals surface area contributed by atoms with Gasteiger partial charge in [0.2, 0.25) is 0 Å². The van der Waals surface area contributed by atoms with Crippen LogP contribution < -0.4 is 0 Å². The molecule has 0 fully saturated rings. The van der Waals surface area contributed by atoms with Crippen LogP contribution in [0.25, 0.3) is 11.3 Å². The van der Waals surface area contributed by atoms with Crippen LogP contribution in [0.2, 0.25) is 5.02 Å². The monoisotopic (exact) mass is 319 g/mol. The molecule has 1 aromatic carbocycles. The topological polar surface area (TPSA) is 52.3 Å². The molecule has 0 saturated heterocycles. The molecular formula is C13H9ClF3NO3. The average molecular weight is 320 g/mol. The van der Waals surface area contributed by atoms with Gasteiger partial charge in [-0.25, -0.2) is 4.79 Å². The number of halogens is 4. The predicted molar refractivity (Wildman–Crippen MR) is 68.0 cm³/mol. The van der Waals surface area contributed by atoms with E-state index in [1.165, 1.54) is 20.1 Å². The summed E-state index contributed by atoms with van der Waals surface area (Å²) in [4.78, 5) is 11.7. The highest BCUT2D eigenvalue weighted by Gasteiger charge is 2.33. The highest BCUT2D eigenvalue weighted by Crippen LogP contribution is 2.37. The van der Waals surface area contributed by atoms with Crippen molar-refractivity contribution in [3.63, 3.8) is 0 Å². The largest absolute Gasteiger partial charge is 0.465 e. The molecule has 0 atom stereocenters. The Labute approximate surface area is 122 Å². The highest BCUT2D eigenvalue weighted by atomic mass is 35.5. The second-order valence-corrected chi connectivity index (χ2v) is 4.55. The molecule has 0 N–H and O–H groups in total. The smallest absolute Gasteiger partial charge is 0.417 e. The van der Waals surface area contributed by atoms with Gasteiger partial charge in [-0.3, -0.25) is 0 Å². The zero-order valence-corrected chi connectivity index (χ0v) is 11.7. The number of benzene rings is 1. The van der Waals surface area contributed by atoms with E-state index in [4.69, 9.17) is 16.1 Å². The molecule has 0 unspecified atom stereocenters. The van der Waals surface area contributed by atoms with Crippen molar-refractivity contribution >= 4 is 17.6 Å². The number of aromatic nitrogens is 1.